The van der Waals surface area contributed by atoms with Gasteiger partial charge in [0.1, 0.15) is 0 Å². The normalized spacial score (nSPS) is 36.7. The Hall–Kier alpha value is -0.780. The van der Waals surface area contributed by atoms with Crippen molar-refractivity contribution in [1.82, 2.24) is 0 Å². The van der Waals surface area contributed by atoms with Crippen molar-refractivity contribution >= 4 is 34.2 Å². The molecule has 0 saturated heterocycles. The molecule has 4 heteroatoms. The molecule has 1 aromatic rings. The zero-order valence-corrected chi connectivity index (χ0v) is 14.3. The SMILES string of the molecule is N=C(N)N(c1ccccc1I)C1C2CC3CC(C2)CC1C3. The van der Waals surface area contributed by atoms with Gasteiger partial charge in [0.15, 0.2) is 5.96 Å². The third kappa shape index (κ3) is 2.26. The highest BCUT2D eigenvalue weighted by molar-refractivity contribution is 14.1. The maximum Gasteiger partial charge on any atom is 0.193 e. The Labute approximate surface area is 139 Å². The number of anilines is 1. The molecule has 4 fully saturated rings. The van der Waals surface area contributed by atoms with Gasteiger partial charge in [-0.15, -0.1) is 0 Å². The van der Waals surface area contributed by atoms with Crippen LogP contribution in [-0.4, -0.2) is 12.0 Å². The number of nitrogens with one attached hydrogen (secondary N) is 1. The highest BCUT2D eigenvalue weighted by atomic mass is 127. The Bertz CT molecular complexity index is 543. The highest BCUT2D eigenvalue weighted by Crippen LogP contribution is 2.55. The van der Waals surface area contributed by atoms with E-state index < -0.39 is 0 Å². The van der Waals surface area contributed by atoms with Gasteiger partial charge in [-0.1, -0.05) is 12.1 Å². The Kier molecular flexibility index (Phi) is 3.39. The van der Waals surface area contributed by atoms with Gasteiger partial charge in [-0.3, -0.25) is 5.41 Å². The fourth-order valence-electron chi connectivity index (χ4n) is 5.42. The molecule has 4 aliphatic carbocycles. The molecule has 0 aromatic heterocycles. The molecule has 0 radical (unpaired) electrons. The molecule has 1 aromatic carbocycles. The number of nitrogens with two attached hydrogens (primary N) is 1. The lowest BCUT2D eigenvalue weighted by atomic mass is 9.54. The summed E-state index contributed by atoms with van der Waals surface area (Å²) in [6.07, 6.45) is 6.87. The van der Waals surface area contributed by atoms with E-state index in [-0.39, 0.29) is 5.96 Å². The van der Waals surface area contributed by atoms with Crippen molar-refractivity contribution in [1.29, 1.82) is 5.41 Å². The molecule has 3 nitrogen and oxygen atoms in total. The van der Waals surface area contributed by atoms with Crippen molar-refractivity contribution in [3.05, 3.63) is 27.8 Å². The van der Waals surface area contributed by atoms with Crippen LogP contribution < -0.4 is 10.6 Å². The van der Waals surface area contributed by atoms with Crippen LogP contribution in [0.3, 0.4) is 0 Å². The number of para-hydroxylation sites is 1. The van der Waals surface area contributed by atoms with Crippen molar-refractivity contribution in [3.63, 3.8) is 0 Å². The Balaban J connectivity index is 1.72. The molecule has 4 aliphatic rings. The molecular formula is C17H22IN3. The van der Waals surface area contributed by atoms with Crippen molar-refractivity contribution < 1.29 is 0 Å². The molecular weight excluding hydrogens is 373 g/mol. The van der Waals surface area contributed by atoms with Gasteiger partial charge >= 0.3 is 0 Å². The predicted molar refractivity (Wildman–Crippen MR) is 94.4 cm³/mol. The molecule has 0 atom stereocenters. The van der Waals surface area contributed by atoms with E-state index in [2.05, 4.69) is 51.8 Å². The second-order valence-electron chi connectivity index (χ2n) is 7.13. The van der Waals surface area contributed by atoms with Crippen molar-refractivity contribution in [3.8, 4) is 0 Å². The van der Waals surface area contributed by atoms with Crippen LogP contribution in [0.25, 0.3) is 0 Å². The van der Waals surface area contributed by atoms with Crippen LogP contribution in [-0.2, 0) is 0 Å². The number of benzene rings is 1. The number of hydrogen-bond acceptors (Lipinski definition) is 1. The minimum Gasteiger partial charge on any atom is -0.370 e. The second kappa shape index (κ2) is 5.14. The third-order valence-electron chi connectivity index (χ3n) is 5.85. The number of nitrogens with zero attached hydrogens (tertiary/aromatic N) is 1. The standard InChI is InChI=1S/C17H22IN3/c18-14-3-1-2-4-15(14)21(17(19)20)16-12-6-10-5-11(8-12)9-13(16)7-10/h1-4,10-13,16H,5-9H2,(H3,19,20). The summed E-state index contributed by atoms with van der Waals surface area (Å²) in [5, 5.41) is 8.16. The van der Waals surface area contributed by atoms with Crippen LogP contribution in [0.2, 0.25) is 0 Å². The monoisotopic (exact) mass is 395 g/mol. The van der Waals surface area contributed by atoms with E-state index >= 15 is 0 Å². The molecule has 112 valence electrons. The van der Waals surface area contributed by atoms with Gasteiger partial charge < -0.3 is 10.6 Å². The number of hydrogen-bond donors (Lipinski definition) is 2. The Morgan fingerprint density at radius 1 is 1.05 bits per heavy atom. The highest BCUT2D eigenvalue weighted by Gasteiger charge is 2.50. The molecule has 0 aliphatic heterocycles. The van der Waals surface area contributed by atoms with Crippen LogP contribution in [0.4, 0.5) is 5.69 Å². The van der Waals surface area contributed by atoms with Crippen LogP contribution in [0.1, 0.15) is 32.1 Å². The first-order valence-electron chi connectivity index (χ1n) is 8.01. The minimum absolute atomic E-state index is 0.219. The van der Waals surface area contributed by atoms with Crippen LogP contribution in [0.5, 0.6) is 0 Å². The molecule has 21 heavy (non-hydrogen) atoms. The van der Waals surface area contributed by atoms with E-state index in [0.717, 1.165) is 29.4 Å². The molecule has 4 saturated carbocycles. The first kappa shape index (κ1) is 13.9. The van der Waals surface area contributed by atoms with Gasteiger partial charge in [0.25, 0.3) is 0 Å². The van der Waals surface area contributed by atoms with Gasteiger partial charge in [0, 0.05) is 9.61 Å². The Morgan fingerprint density at radius 2 is 1.62 bits per heavy atom. The molecule has 0 amide bonds. The van der Waals surface area contributed by atoms with Crippen LogP contribution in [0.15, 0.2) is 24.3 Å². The van der Waals surface area contributed by atoms with E-state index in [0.29, 0.717) is 6.04 Å². The third-order valence-corrected chi connectivity index (χ3v) is 6.76. The summed E-state index contributed by atoms with van der Waals surface area (Å²) in [6, 6.07) is 8.80. The predicted octanol–water partition coefficient (Wildman–Crippen LogP) is 3.82. The quantitative estimate of drug-likeness (QED) is 0.455. The molecule has 0 spiro atoms. The van der Waals surface area contributed by atoms with Crippen molar-refractivity contribution in [2.75, 3.05) is 4.90 Å². The lowest BCUT2D eigenvalue weighted by Gasteiger charge is -2.57. The molecule has 3 N–H and O–H groups in total. The summed E-state index contributed by atoms with van der Waals surface area (Å²) in [5.41, 5.74) is 7.15. The fourth-order valence-corrected chi connectivity index (χ4v) is 6.06. The zero-order chi connectivity index (χ0) is 14.6. The minimum atomic E-state index is 0.219. The fraction of sp³-hybridized carbons (Fsp3) is 0.588. The summed E-state index contributed by atoms with van der Waals surface area (Å²) < 4.78 is 1.19. The van der Waals surface area contributed by atoms with E-state index in [1.807, 2.05) is 0 Å². The summed E-state index contributed by atoms with van der Waals surface area (Å²) >= 11 is 2.37. The largest absolute Gasteiger partial charge is 0.370 e. The second-order valence-corrected chi connectivity index (χ2v) is 8.29. The van der Waals surface area contributed by atoms with E-state index in [1.165, 1.54) is 35.7 Å². The van der Waals surface area contributed by atoms with Gasteiger partial charge in [0.2, 0.25) is 0 Å². The topological polar surface area (TPSA) is 53.1 Å². The first-order chi connectivity index (χ1) is 10.1. The molecule has 0 heterocycles. The van der Waals surface area contributed by atoms with Gasteiger partial charge in [-0.2, -0.15) is 0 Å². The Morgan fingerprint density at radius 3 is 2.14 bits per heavy atom. The lowest BCUT2D eigenvalue weighted by Crippen LogP contribution is -2.59. The van der Waals surface area contributed by atoms with Crippen LogP contribution >= 0.6 is 22.6 Å². The summed E-state index contributed by atoms with van der Waals surface area (Å²) in [6.45, 7) is 0. The summed E-state index contributed by atoms with van der Waals surface area (Å²) in [7, 11) is 0. The molecule has 0 unspecified atom stereocenters. The van der Waals surface area contributed by atoms with Crippen LogP contribution in [0, 0.1) is 32.7 Å². The smallest absolute Gasteiger partial charge is 0.193 e. The van der Waals surface area contributed by atoms with Gasteiger partial charge in [-0.05, 0) is 90.5 Å². The lowest BCUT2D eigenvalue weighted by molar-refractivity contribution is 0.00125. The maximum atomic E-state index is 8.16. The number of halogens is 1. The number of guanidine groups is 1. The zero-order valence-electron chi connectivity index (χ0n) is 12.1. The summed E-state index contributed by atoms with van der Waals surface area (Å²) in [5.74, 6) is 3.60. The number of rotatable bonds is 2. The van der Waals surface area contributed by atoms with Crippen molar-refractivity contribution in [2.45, 2.75) is 38.1 Å². The first-order valence-corrected chi connectivity index (χ1v) is 9.09. The molecule has 5 rings (SSSR count). The average Bonchev–Trinajstić information content (AvgIpc) is 2.43. The van der Waals surface area contributed by atoms with Gasteiger partial charge in [-0.25, -0.2) is 0 Å². The maximum absolute atomic E-state index is 8.16. The summed E-state index contributed by atoms with van der Waals surface area (Å²) in [4.78, 5) is 2.15. The van der Waals surface area contributed by atoms with Crippen molar-refractivity contribution in [2.24, 2.45) is 29.4 Å². The van der Waals surface area contributed by atoms with E-state index in [4.69, 9.17) is 11.1 Å². The average molecular weight is 395 g/mol. The van der Waals surface area contributed by atoms with Gasteiger partial charge in [0.05, 0.1) is 5.69 Å². The van der Waals surface area contributed by atoms with E-state index in [9.17, 15) is 0 Å². The molecule has 4 bridgehead atoms. The van der Waals surface area contributed by atoms with E-state index in [1.54, 1.807) is 0 Å².